The van der Waals surface area contributed by atoms with Crippen LogP contribution in [0.2, 0.25) is 0 Å². The molecule has 4 saturated carbocycles. The molecule has 0 amide bonds. The molecular weight excluding hydrogens is 431 g/mol. The summed E-state index contributed by atoms with van der Waals surface area (Å²) in [6.45, 7) is 6.45. The van der Waals surface area contributed by atoms with Crippen LogP contribution >= 0.6 is 24.8 Å². The molecular formula is C25H40Cl2N2O2. The van der Waals surface area contributed by atoms with Crippen LogP contribution in [0.3, 0.4) is 0 Å². The number of hydrogen-bond donors (Lipinski definition) is 1. The maximum Gasteiger partial charge on any atom is 0.0900 e. The SMILES string of the molecule is Cl.Cl.OC(COCCc1ccccc1)CN1CCN(C23CC4CC(CC(C4)C2)C3)CC1. The second kappa shape index (κ2) is 11.2. The third-order valence-corrected chi connectivity index (χ3v) is 8.21. The fourth-order valence-corrected chi connectivity index (χ4v) is 7.26. The Morgan fingerprint density at radius 3 is 2.06 bits per heavy atom. The smallest absolute Gasteiger partial charge is 0.0900 e. The van der Waals surface area contributed by atoms with Gasteiger partial charge in [0.2, 0.25) is 0 Å². The van der Waals surface area contributed by atoms with E-state index < -0.39 is 0 Å². The number of nitrogens with zero attached hydrogens (tertiary/aromatic N) is 2. The topological polar surface area (TPSA) is 35.9 Å². The van der Waals surface area contributed by atoms with Gasteiger partial charge in [-0.1, -0.05) is 30.3 Å². The average Bonchev–Trinajstić information content (AvgIpc) is 2.71. The Morgan fingerprint density at radius 1 is 0.903 bits per heavy atom. The first-order chi connectivity index (χ1) is 14.2. The van der Waals surface area contributed by atoms with Gasteiger partial charge in [-0.05, 0) is 68.3 Å². The summed E-state index contributed by atoms with van der Waals surface area (Å²) in [6, 6.07) is 10.4. The van der Waals surface area contributed by atoms with Crippen molar-refractivity contribution in [2.45, 2.75) is 56.6 Å². The summed E-state index contributed by atoms with van der Waals surface area (Å²) in [6.07, 6.45) is 9.51. The van der Waals surface area contributed by atoms with Crippen molar-refractivity contribution in [3.8, 4) is 0 Å². The van der Waals surface area contributed by atoms with Crippen LogP contribution in [0.15, 0.2) is 30.3 Å². The van der Waals surface area contributed by atoms with Crippen LogP contribution in [-0.2, 0) is 11.2 Å². The van der Waals surface area contributed by atoms with Gasteiger partial charge in [-0.15, -0.1) is 24.8 Å². The Balaban J connectivity index is 0.00000136. The maximum absolute atomic E-state index is 10.4. The van der Waals surface area contributed by atoms with E-state index >= 15 is 0 Å². The van der Waals surface area contributed by atoms with Gasteiger partial charge in [0.15, 0.2) is 0 Å². The van der Waals surface area contributed by atoms with E-state index in [1.807, 2.05) is 6.07 Å². The van der Waals surface area contributed by atoms with Gasteiger partial charge in [0.1, 0.15) is 0 Å². The van der Waals surface area contributed by atoms with Crippen molar-refractivity contribution in [2.75, 3.05) is 45.9 Å². The number of piperazine rings is 1. The molecule has 1 saturated heterocycles. The number of halogens is 2. The lowest BCUT2D eigenvalue weighted by molar-refractivity contribution is -0.103. The van der Waals surface area contributed by atoms with Crippen molar-refractivity contribution in [1.29, 1.82) is 0 Å². The van der Waals surface area contributed by atoms with Gasteiger partial charge >= 0.3 is 0 Å². The Bertz CT molecular complexity index is 631. The van der Waals surface area contributed by atoms with E-state index in [9.17, 15) is 5.11 Å². The minimum absolute atomic E-state index is 0. The minimum atomic E-state index is -0.378. The molecule has 1 aromatic carbocycles. The van der Waals surface area contributed by atoms with Gasteiger partial charge < -0.3 is 9.84 Å². The quantitative estimate of drug-likeness (QED) is 0.581. The Labute approximate surface area is 200 Å². The number of aliphatic hydroxyl groups is 1. The maximum atomic E-state index is 10.4. The molecule has 176 valence electrons. The molecule has 5 fully saturated rings. The lowest BCUT2D eigenvalue weighted by Gasteiger charge is -2.61. The van der Waals surface area contributed by atoms with E-state index in [0.29, 0.717) is 18.8 Å². The molecule has 1 N–H and O–H groups in total. The molecule has 6 rings (SSSR count). The molecule has 0 spiro atoms. The van der Waals surface area contributed by atoms with Crippen molar-refractivity contribution in [1.82, 2.24) is 9.80 Å². The van der Waals surface area contributed by atoms with E-state index in [4.69, 9.17) is 4.74 Å². The summed E-state index contributed by atoms with van der Waals surface area (Å²) in [5, 5.41) is 10.4. The summed E-state index contributed by atoms with van der Waals surface area (Å²) >= 11 is 0. The molecule has 0 radical (unpaired) electrons. The van der Waals surface area contributed by atoms with Gasteiger partial charge in [0.05, 0.1) is 19.3 Å². The largest absolute Gasteiger partial charge is 0.389 e. The Hall–Kier alpha value is -0.360. The molecule has 31 heavy (non-hydrogen) atoms. The first kappa shape index (κ1) is 25.3. The molecule has 4 nitrogen and oxygen atoms in total. The highest BCUT2D eigenvalue weighted by Crippen LogP contribution is 2.57. The number of hydrogen-bond acceptors (Lipinski definition) is 4. The summed E-state index contributed by atoms with van der Waals surface area (Å²) in [4.78, 5) is 5.30. The highest BCUT2D eigenvalue weighted by Gasteiger charge is 2.53. The number of rotatable bonds is 8. The lowest BCUT2D eigenvalue weighted by Crippen LogP contribution is -2.64. The van der Waals surface area contributed by atoms with Crippen molar-refractivity contribution in [3.05, 3.63) is 35.9 Å². The van der Waals surface area contributed by atoms with Crippen molar-refractivity contribution in [2.24, 2.45) is 17.8 Å². The van der Waals surface area contributed by atoms with Gasteiger partial charge in [-0.3, -0.25) is 9.80 Å². The van der Waals surface area contributed by atoms with E-state index in [-0.39, 0.29) is 30.9 Å². The van der Waals surface area contributed by atoms with Crippen molar-refractivity contribution in [3.63, 3.8) is 0 Å². The predicted molar refractivity (Wildman–Crippen MR) is 130 cm³/mol. The van der Waals surface area contributed by atoms with Crippen LogP contribution in [0.4, 0.5) is 0 Å². The Kier molecular flexibility index (Phi) is 9.11. The normalized spacial score (nSPS) is 33.5. The standard InChI is InChI=1S/C25H38N2O2.2ClH/c28-24(19-29-11-6-20-4-2-1-3-5-20)18-26-7-9-27(10-8-26)25-15-21-12-22(16-25)14-23(13-21)17-25;;/h1-5,21-24,28H,6-19H2;2*1H. The van der Waals surface area contributed by atoms with Crippen LogP contribution in [0.1, 0.15) is 44.1 Å². The zero-order valence-corrected chi connectivity index (χ0v) is 20.3. The van der Waals surface area contributed by atoms with Gasteiger partial charge in [0, 0.05) is 38.3 Å². The molecule has 1 aromatic rings. The average molecular weight is 472 g/mol. The van der Waals surface area contributed by atoms with E-state index in [1.54, 1.807) is 0 Å². The number of ether oxygens (including phenoxy) is 1. The molecule has 5 aliphatic rings. The second-order valence-corrected chi connectivity index (χ2v) is 10.4. The zero-order chi connectivity index (χ0) is 19.7. The van der Waals surface area contributed by atoms with Crippen LogP contribution in [0.25, 0.3) is 0 Å². The fourth-order valence-electron chi connectivity index (χ4n) is 7.26. The van der Waals surface area contributed by atoms with Crippen molar-refractivity contribution < 1.29 is 9.84 Å². The van der Waals surface area contributed by atoms with Crippen LogP contribution in [0.5, 0.6) is 0 Å². The van der Waals surface area contributed by atoms with Crippen molar-refractivity contribution >= 4 is 24.8 Å². The fraction of sp³-hybridized carbons (Fsp3) is 0.760. The third-order valence-electron chi connectivity index (χ3n) is 8.21. The van der Waals surface area contributed by atoms with Gasteiger partial charge in [-0.2, -0.15) is 0 Å². The van der Waals surface area contributed by atoms with E-state index in [0.717, 1.165) is 43.8 Å². The van der Waals surface area contributed by atoms with E-state index in [2.05, 4.69) is 34.1 Å². The molecule has 1 aliphatic heterocycles. The van der Waals surface area contributed by atoms with E-state index in [1.165, 1.54) is 57.2 Å². The summed E-state index contributed by atoms with van der Waals surface area (Å²) in [7, 11) is 0. The minimum Gasteiger partial charge on any atom is -0.389 e. The summed E-state index contributed by atoms with van der Waals surface area (Å²) in [5.41, 5.74) is 1.84. The van der Waals surface area contributed by atoms with Gasteiger partial charge in [0.25, 0.3) is 0 Å². The monoisotopic (exact) mass is 470 g/mol. The Morgan fingerprint density at radius 2 is 1.48 bits per heavy atom. The molecule has 1 heterocycles. The van der Waals surface area contributed by atoms with Crippen LogP contribution in [0, 0.1) is 17.8 Å². The first-order valence-corrected chi connectivity index (χ1v) is 12.0. The van der Waals surface area contributed by atoms with Crippen LogP contribution < -0.4 is 0 Å². The lowest BCUT2D eigenvalue weighted by atomic mass is 9.52. The summed E-state index contributed by atoms with van der Waals surface area (Å²) < 4.78 is 5.74. The first-order valence-electron chi connectivity index (χ1n) is 12.0. The number of β-amino-alcohol motifs (C(OH)–C–C–N with tert-alkyl or cyclic N) is 1. The zero-order valence-electron chi connectivity index (χ0n) is 18.7. The highest BCUT2D eigenvalue weighted by atomic mass is 35.5. The van der Waals surface area contributed by atoms with Crippen LogP contribution in [-0.4, -0.2) is 72.5 Å². The molecule has 1 atom stereocenters. The highest BCUT2D eigenvalue weighted by molar-refractivity contribution is 5.85. The molecule has 4 bridgehead atoms. The number of benzene rings is 1. The van der Waals surface area contributed by atoms with Gasteiger partial charge in [-0.25, -0.2) is 0 Å². The molecule has 1 unspecified atom stereocenters. The number of aliphatic hydroxyl groups excluding tert-OH is 1. The second-order valence-electron chi connectivity index (χ2n) is 10.4. The molecule has 6 heteroatoms. The predicted octanol–water partition coefficient (Wildman–Crippen LogP) is 4.04. The third kappa shape index (κ3) is 5.96. The molecule has 4 aliphatic carbocycles. The molecule has 0 aromatic heterocycles. The summed E-state index contributed by atoms with van der Waals surface area (Å²) in [5.74, 6) is 3.07.